The quantitative estimate of drug-likeness (QED) is 0.778. The van der Waals surface area contributed by atoms with Gasteiger partial charge < -0.3 is 4.84 Å². The number of fused-ring (bicyclic) bond motifs is 2. The summed E-state index contributed by atoms with van der Waals surface area (Å²) in [5, 5.41) is 0.615. The normalized spacial score (nSPS) is 27.0. The Morgan fingerprint density at radius 1 is 1.00 bits per heavy atom. The first-order valence-corrected chi connectivity index (χ1v) is 8.12. The molecule has 2 atom stereocenters. The molecule has 0 radical (unpaired) electrons. The molecule has 0 spiro atoms. The zero-order valence-corrected chi connectivity index (χ0v) is 12.7. The van der Waals surface area contributed by atoms with Gasteiger partial charge in [-0.3, -0.25) is 14.5 Å². The van der Waals surface area contributed by atoms with E-state index in [9.17, 15) is 14.4 Å². The Kier molecular flexibility index (Phi) is 3.41. The number of rotatable bonds is 2. The summed E-state index contributed by atoms with van der Waals surface area (Å²) >= 11 is 0. The van der Waals surface area contributed by atoms with Crippen molar-refractivity contribution < 1.29 is 19.2 Å². The third kappa shape index (κ3) is 2.25. The van der Waals surface area contributed by atoms with Crippen LogP contribution in [-0.2, 0) is 9.63 Å². The fraction of sp³-hybridized carbons (Fsp3) is 0.471. The summed E-state index contributed by atoms with van der Waals surface area (Å²) in [5.74, 6) is -1.62. The molecule has 0 N–H and O–H groups in total. The molecule has 6 nitrogen and oxygen atoms in total. The van der Waals surface area contributed by atoms with E-state index in [1.54, 1.807) is 24.3 Å². The van der Waals surface area contributed by atoms with Crippen LogP contribution >= 0.6 is 0 Å². The van der Waals surface area contributed by atoms with E-state index in [0.29, 0.717) is 11.1 Å². The number of piperidine rings is 1. The molecular formula is C17H18N2O4. The highest BCUT2D eigenvalue weighted by atomic mass is 16.7. The van der Waals surface area contributed by atoms with Gasteiger partial charge in [0.05, 0.1) is 11.1 Å². The fourth-order valence-corrected chi connectivity index (χ4v) is 3.91. The average molecular weight is 314 g/mol. The highest BCUT2D eigenvalue weighted by Gasteiger charge is 2.44. The lowest BCUT2D eigenvalue weighted by molar-refractivity contribution is -0.174. The van der Waals surface area contributed by atoms with Crippen molar-refractivity contribution in [1.82, 2.24) is 9.96 Å². The second-order valence-corrected chi connectivity index (χ2v) is 6.34. The summed E-state index contributed by atoms with van der Waals surface area (Å²) < 4.78 is 0. The standard InChI is InChI=1S/C17H18N2O4/c20-15-12-6-1-2-7-13(12)16(21)19(15)23-17(22)14-9-8-11-5-3-4-10-18(11)14/h1-2,6-7,11,14H,3-5,8-10H2. The minimum atomic E-state index is -0.563. The monoisotopic (exact) mass is 314 g/mol. The lowest BCUT2D eigenvalue weighted by Gasteiger charge is -2.32. The number of nitrogens with zero attached hydrogens (tertiary/aromatic N) is 2. The number of hydrogen-bond acceptors (Lipinski definition) is 5. The van der Waals surface area contributed by atoms with E-state index >= 15 is 0 Å². The Balaban J connectivity index is 1.50. The van der Waals surface area contributed by atoms with Gasteiger partial charge in [0.25, 0.3) is 11.8 Å². The largest absolute Gasteiger partial charge is 0.350 e. The number of hydroxylamine groups is 2. The van der Waals surface area contributed by atoms with Gasteiger partial charge in [0.2, 0.25) is 0 Å². The number of benzene rings is 1. The molecule has 2 amide bonds. The minimum absolute atomic E-state index is 0.285. The van der Waals surface area contributed by atoms with E-state index in [-0.39, 0.29) is 17.2 Å². The van der Waals surface area contributed by atoms with Gasteiger partial charge in [-0.1, -0.05) is 23.6 Å². The van der Waals surface area contributed by atoms with Gasteiger partial charge in [-0.2, -0.15) is 0 Å². The molecule has 0 aromatic heterocycles. The van der Waals surface area contributed by atoms with Crippen molar-refractivity contribution in [3.63, 3.8) is 0 Å². The van der Waals surface area contributed by atoms with E-state index in [1.807, 2.05) is 0 Å². The van der Waals surface area contributed by atoms with Crippen molar-refractivity contribution in [1.29, 1.82) is 0 Å². The van der Waals surface area contributed by atoms with Gasteiger partial charge in [0.1, 0.15) is 6.04 Å². The molecule has 1 aromatic rings. The van der Waals surface area contributed by atoms with Crippen molar-refractivity contribution in [3.05, 3.63) is 35.4 Å². The third-order valence-electron chi connectivity index (χ3n) is 5.06. The van der Waals surface area contributed by atoms with Crippen LogP contribution in [0.25, 0.3) is 0 Å². The van der Waals surface area contributed by atoms with Crippen molar-refractivity contribution in [2.75, 3.05) is 6.54 Å². The molecule has 2 fully saturated rings. The predicted molar refractivity (Wildman–Crippen MR) is 80.4 cm³/mol. The summed E-state index contributed by atoms with van der Waals surface area (Å²) in [5.41, 5.74) is 0.570. The summed E-state index contributed by atoms with van der Waals surface area (Å²) in [7, 11) is 0. The molecule has 0 aliphatic carbocycles. The average Bonchev–Trinajstić information content (AvgIpc) is 3.11. The lowest BCUT2D eigenvalue weighted by atomic mass is 10.0. The van der Waals surface area contributed by atoms with Gasteiger partial charge in [0, 0.05) is 6.04 Å². The summed E-state index contributed by atoms with van der Waals surface area (Å²) in [6.45, 7) is 0.881. The molecule has 0 bridgehead atoms. The number of amides is 2. The number of carbonyl (C=O) groups excluding carboxylic acids is 3. The molecule has 2 saturated heterocycles. The van der Waals surface area contributed by atoms with E-state index in [4.69, 9.17) is 4.84 Å². The van der Waals surface area contributed by atoms with E-state index < -0.39 is 17.8 Å². The number of carbonyl (C=O) groups is 3. The smallest absolute Gasteiger partial charge is 0.328 e. The molecule has 6 heteroatoms. The van der Waals surface area contributed by atoms with Crippen LogP contribution < -0.4 is 0 Å². The zero-order valence-electron chi connectivity index (χ0n) is 12.7. The molecule has 4 rings (SSSR count). The summed E-state index contributed by atoms with van der Waals surface area (Å²) in [6, 6.07) is 6.60. The third-order valence-corrected chi connectivity index (χ3v) is 5.06. The van der Waals surface area contributed by atoms with Gasteiger partial charge >= 0.3 is 5.97 Å². The second-order valence-electron chi connectivity index (χ2n) is 6.34. The Morgan fingerprint density at radius 3 is 2.39 bits per heavy atom. The first-order chi connectivity index (χ1) is 11.2. The van der Waals surface area contributed by atoms with Gasteiger partial charge in [0.15, 0.2) is 0 Å². The summed E-state index contributed by atoms with van der Waals surface area (Å²) in [4.78, 5) is 44.4. The van der Waals surface area contributed by atoms with E-state index in [2.05, 4.69) is 4.90 Å². The van der Waals surface area contributed by atoms with Crippen molar-refractivity contribution in [3.8, 4) is 0 Å². The first-order valence-electron chi connectivity index (χ1n) is 8.12. The molecule has 23 heavy (non-hydrogen) atoms. The van der Waals surface area contributed by atoms with Crippen LogP contribution in [0.4, 0.5) is 0 Å². The van der Waals surface area contributed by atoms with Gasteiger partial charge in [-0.05, 0) is 44.4 Å². The number of imide groups is 1. The molecular weight excluding hydrogens is 296 g/mol. The highest BCUT2D eigenvalue weighted by Crippen LogP contribution is 2.32. The zero-order chi connectivity index (χ0) is 16.0. The predicted octanol–water partition coefficient (Wildman–Crippen LogP) is 1.76. The lowest BCUT2D eigenvalue weighted by Crippen LogP contribution is -2.46. The Labute approximate surface area is 134 Å². The van der Waals surface area contributed by atoms with Crippen LogP contribution in [-0.4, -0.2) is 46.4 Å². The Hall–Kier alpha value is -2.21. The molecule has 120 valence electrons. The molecule has 2 unspecified atom stereocenters. The van der Waals surface area contributed by atoms with Crippen molar-refractivity contribution >= 4 is 17.8 Å². The Morgan fingerprint density at radius 2 is 1.70 bits per heavy atom. The van der Waals surface area contributed by atoms with Crippen molar-refractivity contribution in [2.45, 2.75) is 44.2 Å². The molecule has 1 aromatic carbocycles. The maximum atomic E-state index is 12.5. The van der Waals surface area contributed by atoms with Crippen LogP contribution in [0.15, 0.2) is 24.3 Å². The highest BCUT2D eigenvalue weighted by molar-refractivity contribution is 6.20. The van der Waals surface area contributed by atoms with Crippen LogP contribution in [0.3, 0.4) is 0 Å². The van der Waals surface area contributed by atoms with Crippen LogP contribution in [0, 0.1) is 0 Å². The van der Waals surface area contributed by atoms with E-state index in [0.717, 1.165) is 32.2 Å². The van der Waals surface area contributed by atoms with Crippen LogP contribution in [0.2, 0.25) is 0 Å². The maximum Gasteiger partial charge on any atom is 0.350 e. The maximum absolute atomic E-state index is 12.5. The van der Waals surface area contributed by atoms with Crippen molar-refractivity contribution in [2.24, 2.45) is 0 Å². The van der Waals surface area contributed by atoms with Crippen LogP contribution in [0.5, 0.6) is 0 Å². The Bertz CT molecular complexity index is 652. The molecule has 3 aliphatic heterocycles. The molecule has 3 heterocycles. The van der Waals surface area contributed by atoms with Crippen LogP contribution in [0.1, 0.15) is 52.8 Å². The minimum Gasteiger partial charge on any atom is -0.328 e. The molecule has 0 saturated carbocycles. The van der Waals surface area contributed by atoms with E-state index in [1.165, 1.54) is 6.42 Å². The fourth-order valence-electron chi connectivity index (χ4n) is 3.91. The SMILES string of the molecule is O=C(ON1C(=O)c2ccccc2C1=O)C1CCC2CCCCN21. The topological polar surface area (TPSA) is 66.9 Å². The summed E-state index contributed by atoms with van der Waals surface area (Å²) in [6.07, 6.45) is 5.08. The molecule has 3 aliphatic rings. The van der Waals surface area contributed by atoms with Gasteiger partial charge in [-0.25, -0.2) is 4.79 Å². The first kappa shape index (κ1) is 14.4. The second kappa shape index (κ2) is 5.45. The number of hydrogen-bond donors (Lipinski definition) is 0. The van der Waals surface area contributed by atoms with Gasteiger partial charge in [-0.15, -0.1) is 0 Å².